The number of amides is 1. The highest BCUT2D eigenvalue weighted by atomic mass is 16.5. The Morgan fingerprint density at radius 1 is 1.12 bits per heavy atom. The normalized spacial score (nSPS) is 10.4. The first-order valence-corrected chi connectivity index (χ1v) is 7.68. The minimum atomic E-state index is -1.24. The molecule has 0 unspecified atom stereocenters. The van der Waals surface area contributed by atoms with Crippen LogP contribution in [-0.2, 0) is 0 Å². The summed E-state index contributed by atoms with van der Waals surface area (Å²) in [7, 11) is 1.39. The van der Waals surface area contributed by atoms with Gasteiger partial charge in [-0.3, -0.25) is 4.79 Å². The van der Waals surface area contributed by atoms with Crippen LogP contribution in [0.3, 0.4) is 0 Å². The summed E-state index contributed by atoms with van der Waals surface area (Å²) >= 11 is 0. The Morgan fingerprint density at radius 3 is 2.36 bits per heavy atom. The number of aromatic carboxylic acids is 1. The number of nitrogens with one attached hydrogen (secondary N) is 1. The molecule has 2 N–H and O–H groups in total. The number of methoxy groups -OCH3 is 1. The van der Waals surface area contributed by atoms with E-state index in [0.29, 0.717) is 11.4 Å². The minimum Gasteiger partial charge on any atom is -0.497 e. The lowest BCUT2D eigenvalue weighted by Crippen LogP contribution is -2.16. The van der Waals surface area contributed by atoms with Crippen LogP contribution in [0, 0.1) is 6.92 Å². The molecule has 0 saturated carbocycles. The first kappa shape index (κ1) is 18.3. The summed E-state index contributed by atoms with van der Waals surface area (Å²) in [4.78, 5) is 27.4. The van der Waals surface area contributed by atoms with Crippen LogP contribution >= 0.6 is 0 Å². The lowest BCUT2D eigenvalue weighted by Gasteiger charge is -2.13. The average Bonchev–Trinajstić information content (AvgIpc) is 2.56. The molecular weight excluding hydrogens is 324 g/mol. The second-order valence-corrected chi connectivity index (χ2v) is 5.68. The first-order valence-electron chi connectivity index (χ1n) is 7.68. The molecule has 7 heteroatoms. The summed E-state index contributed by atoms with van der Waals surface area (Å²) in [5.74, 6) is -0.811. The van der Waals surface area contributed by atoms with Gasteiger partial charge in [0, 0.05) is 17.8 Å². The summed E-state index contributed by atoms with van der Waals surface area (Å²) < 4.78 is 10.6. The van der Waals surface area contributed by atoms with Crippen molar-refractivity contribution in [2.45, 2.75) is 26.9 Å². The molecule has 1 aromatic heterocycles. The average molecular weight is 344 g/mol. The third-order valence-corrected chi connectivity index (χ3v) is 3.30. The summed E-state index contributed by atoms with van der Waals surface area (Å²) in [6, 6.07) is 7.93. The summed E-state index contributed by atoms with van der Waals surface area (Å²) in [5, 5.41) is 11.8. The lowest BCUT2D eigenvalue weighted by atomic mass is 10.2. The maximum atomic E-state index is 12.4. The number of nitrogens with zero attached hydrogens (tertiary/aromatic N) is 1. The lowest BCUT2D eigenvalue weighted by molar-refractivity contribution is 0.0690. The maximum Gasteiger partial charge on any atom is 0.354 e. The van der Waals surface area contributed by atoms with Crippen LogP contribution in [0.15, 0.2) is 30.3 Å². The number of benzene rings is 1. The van der Waals surface area contributed by atoms with E-state index in [0.717, 1.165) is 5.56 Å². The number of carboxylic acid groups (broad SMARTS) is 1. The largest absolute Gasteiger partial charge is 0.497 e. The Kier molecular flexibility index (Phi) is 5.59. The minimum absolute atomic E-state index is 0.0429. The van der Waals surface area contributed by atoms with E-state index in [1.54, 1.807) is 12.1 Å². The van der Waals surface area contributed by atoms with Crippen LogP contribution in [0.1, 0.15) is 40.4 Å². The molecule has 0 bridgehead atoms. The van der Waals surface area contributed by atoms with Gasteiger partial charge in [-0.25, -0.2) is 9.78 Å². The van der Waals surface area contributed by atoms with Gasteiger partial charge in [0.25, 0.3) is 5.91 Å². The highest BCUT2D eigenvalue weighted by molar-refractivity contribution is 6.04. The van der Waals surface area contributed by atoms with E-state index in [4.69, 9.17) is 14.6 Å². The number of carbonyl (C=O) groups excluding carboxylic acids is 1. The van der Waals surface area contributed by atoms with Gasteiger partial charge < -0.3 is 19.9 Å². The number of hydrogen-bond acceptors (Lipinski definition) is 5. The van der Waals surface area contributed by atoms with Crippen LogP contribution in [0.2, 0.25) is 0 Å². The number of hydrogen-bond donors (Lipinski definition) is 2. The second-order valence-electron chi connectivity index (χ2n) is 5.68. The molecule has 132 valence electrons. The highest BCUT2D eigenvalue weighted by Crippen LogP contribution is 2.23. The van der Waals surface area contributed by atoms with Gasteiger partial charge in [0.15, 0.2) is 5.69 Å². The molecule has 2 aromatic rings. The molecule has 0 aliphatic rings. The molecular formula is C18H20N2O5. The van der Waals surface area contributed by atoms with Gasteiger partial charge in [0.05, 0.1) is 13.2 Å². The molecule has 1 amide bonds. The van der Waals surface area contributed by atoms with Gasteiger partial charge in [-0.05, 0) is 44.5 Å². The van der Waals surface area contributed by atoms with Gasteiger partial charge in [-0.1, -0.05) is 0 Å². The van der Waals surface area contributed by atoms with Crippen LogP contribution in [-0.4, -0.2) is 35.2 Å². The first-order chi connectivity index (χ1) is 11.8. The molecule has 0 saturated heterocycles. The van der Waals surface area contributed by atoms with E-state index in [-0.39, 0.29) is 23.2 Å². The SMILES string of the molecule is COc1cc(C(=O)O)nc(C(=O)Nc2ccc(OC(C)C)cc2C)c1. The van der Waals surface area contributed by atoms with Crippen molar-refractivity contribution in [3.8, 4) is 11.5 Å². The highest BCUT2D eigenvalue weighted by Gasteiger charge is 2.16. The second kappa shape index (κ2) is 7.65. The predicted octanol–water partition coefficient (Wildman–Crippen LogP) is 3.14. The van der Waals surface area contributed by atoms with Crippen LogP contribution in [0.4, 0.5) is 5.69 Å². The van der Waals surface area contributed by atoms with E-state index in [1.807, 2.05) is 26.8 Å². The van der Waals surface area contributed by atoms with E-state index in [9.17, 15) is 9.59 Å². The van der Waals surface area contributed by atoms with E-state index in [2.05, 4.69) is 10.3 Å². The van der Waals surface area contributed by atoms with Crippen molar-refractivity contribution in [1.82, 2.24) is 4.98 Å². The van der Waals surface area contributed by atoms with Gasteiger partial charge >= 0.3 is 5.97 Å². The fourth-order valence-electron chi connectivity index (χ4n) is 2.16. The molecule has 1 heterocycles. The fraction of sp³-hybridized carbons (Fsp3) is 0.278. The Morgan fingerprint density at radius 2 is 1.80 bits per heavy atom. The fourth-order valence-corrected chi connectivity index (χ4v) is 2.16. The summed E-state index contributed by atoms with van der Waals surface area (Å²) in [6.07, 6.45) is 0.0512. The van der Waals surface area contributed by atoms with Crippen molar-refractivity contribution < 1.29 is 24.2 Å². The Labute approximate surface area is 145 Å². The van der Waals surface area contributed by atoms with Crippen molar-refractivity contribution in [3.05, 3.63) is 47.3 Å². The van der Waals surface area contributed by atoms with Crippen molar-refractivity contribution in [1.29, 1.82) is 0 Å². The number of anilines is 1. The third-order valence-electron chi connectivity index (χ3n) is 3.30. The number of pyridine rings is 1. The van der Waals surface area contributed by atoms with E-state index in [1.165, 1.54) is 19.2 Å². The topological polar surface area (TPSA) is 97.8 Å². The zero-order chi connectivity index (χ0) is 18.6. The van der Waals surface area contributed by atoms with E-state index >= 15 is 0 Å². The Bertz CT molecular complexity index is 802. The van der Waals surface area contributed by atoms with E-state index < -0.39 is 11.9 Å². The molecule has 0 fully saturated rings. The zero-order valence-corrected chi connectivity index (χ0v) is 14.5. The standard InChI is InChI=1S/C18H20N2O5/c1-10(2)25-12-5-6-14(11(3)7-12)20-17(21)15-8-13(24-4)9-16(19-15)18(22)23/h5-10H,1-4H3,(H,20,21)(H,22,23). The zero-order valence-electron chi connectivity index (χ0n) is 14.5. The van der Waals surface area contributed by atoms with Crippen molar-refractivity contribution >= 4 is 17.6 Å². The van der Waals surface area contributed by atoms with Gasteiger partial charge in [-0.15, -0.1) is 0 Å². The molecule has 2 rings (SSSR count). The Balaban J connectivity index is 2.25. The molecule has 0 radical (unpaired) electrons. The van der Waals surface area contributed by atoms with Crippen LogP contribution in [0.5, 0.6) is 11.5 Å². The molecule has 7 nitrogen and oxygen atoms in total. The van der Waals surface area contributed by atoms with Gasteiger partial charge in [0.2, 0.25) is 0 Å². The Hall–Kier alpha value is -3.09. The number of ether oxygens (including phenoxy) is 2. The number of carbonyl (C=O) groups is 2. The number of carboxylic acids is 1. The molecule has 0 spiro atoms. The van der Waals surface area contributed by atoms with Crippen molar-refractivity contribution in [2.24, 2.45) is 0 Å². The molecule has 1 aromatic carbocycles. The molecule has 25 heavy (non-hydrogen) atoms. The monoisotopic (exact) mass is 344 g/mol. The quantitative estimate of drug-likeness (QED) is 0.835. The molecule has 0 atom stereocenters. The number of aryl methyl sites for hydroxylation is 1. The van der Waals surface area contributed by atoms with Gasteiger partial charge in [-0.2, -0.15) is 0 Å². The third kappa shape index (κ3) is 4.69. The molecule has 0 aliphatic heterocycles. The smallest absolute Gasteiger partial charge is 0.354 e. The van der Waals surface area contributed by atoms with Crippen molar-refractivity contribution in [3.63, 3.8) is 0 Å². The van der Waals surface area contributed by atoms with Gasteiger partial charge in [0.1, 0.15) is 17.2 Å². The molecule has 0 aliphatic carbocycles. The predicted molar refractivity (Wildman–Crippen MR) is 92.6 cm³/mol. The van der Waals surface area contributed by atoms with Crippen molar-refractivity contribution in [2.75, 3.05) is 12.4 Å². The van der Waals surface area contributed by atoms with Crippen LogP contribution in [0.25, 0.3) is 0 Å². The van der Waals surface area contributed by atoms with Crippen LogP contribution < -0.4 is 14.8 Å². The summed E-state index contributed by atoms with van der Waals surface area (Å²) in [5.41, 5.74) is 1.09. The summed E-state index contributed by atoms with van der Waals surface area (Å²) in [6.45, 7) is 5.70. The maximum absolute atomic E-state index is 12.4. The number of aromatic nitrogens is 1. The number of rotatable bonds is 6.